The van der Waals surface area contributed by atoms with Crippen LogP contribution in [0, 0.1) is 6.92 Å². The average molecular weight is 456 g/mol. The van der Waals surface area contributed by atoms with Crippen molar-refractivity contribution >= 4 is 22.7 Å². The molecule has 2 aromatic carbocycles. The highest BCUT2D eigenvalue weighted by molar-refractivity contribution is 5.90. The third-order valence-corrected chi connectivity index (χ3v) is 6.76. The van der Waals surface area contributed by atoms with Crippen LogP contribution in [0.3, 0.4) is 0 Å². The molecule has 34 heavy (non-hydrogen) atoms. The highest BCUT2D eigenvalue weighted by atomic mass is 15.3. The zero-order valence-corrected chi connectivity index (χ0v) is 20.2. The van der Waals surface area contributed by atoms with Gasteiger partial charge in [-0.1, -0.05) is 30.3 Å². The molecule has 0 amide bonds. The Balaban J connectivity index is 1.17. The number of para-hydroxylation sites is 2. The molecule has 176 valence electrons. The van der Waals surface area contributed by atoms with Gasteiger partial charge in [0.25, 0.3) is 0 Å². The van der Waals surface area contributed by atoms with Crippen molar-refractivity contribution < 1.29 is 0 Å². The minimum absolute atomic E-state index is 0.400. The maximum Gasteiger partial charge on any atom is 0.225 e. The lowest BCUT2D eigenvalue weighted by atomic mass is 9.91. The number of hydrogen-bond donors (Lipinski definition) is 2. The Bertz CT molecular complexity index is 1240. The van der Waals surface area contributed by atoms with E-state index in [1.54, 1.807) is 0 Å². The molecular weight excluding hydrogens is 422 g/mol. The monoisotopic (exact) mass is 455 g/mol. The van der Waals surface area contributed by atoms with Crippen LogP contribution in [-0.4, -0.2) is 45.9 Å². The Morgan fingerprint density at radius 2 is 1.62 bits per heavy atom. The van der Waals surface area contributed by atoms with Crippen LogP contribution < -0.4 is 15.5 Å². The third kappa shape index (κ3) is 4.75. The van der Waals surface area contributed by atoms with Crippen LogP contribution in [0.5, 0.6) is 0 Å². The number of nitrogens with one attached hydrogen (secondary N) is 2. The Kier molecular flexibility index (Phi) is 6.45. The molecule has 0 radical (unpaired) electrons. The molecule has 0 bridgehead atoms. The fourth-order valence-corrected chi connectivity index (χ4v) is 4.79. The van der Waals surface area contributed by atoms with E-state index < -0.39 is 0 Å². The number of benzene rings is 2. The van der Waals surface area contributed by atoms with Crippen molar-refractivity contribution in [1.29, 1.82) is 0 Å². The highest BCUT2D eigenvalue weighted by Gasteiger charge is 2.22. The molecule has 0 saturated heterocycles. The number of rotatable bonds is 7. The average Bonchev–Trinajstić information content (AvgIpc) is 3.23. The fraction of sp³-hybridized carbons (Fsp3) is 0.370. The van der Waals surface area contributed by atoms with Gasteiger partial charge in [0, 0.05) is 49.4 Å². The van der Waals surface area contributed by atoms with Crippen molar-refractivity contribution in [2.45, 2.75) is 51.2 Å². The highest BCUT2D eigenvalue weighted by Crippen LogP contribution is 2.26. The first-order chi connectivity index (χ1) is 16.6. The SMILES string of the molecule is Cc1c(CN[C@H]2CC[C@@H](Nc3nc(N(C)C)c4ccccc4n3)CC2)cnn1-c1ccccc1. The summed E-state index contributed by atoms with van der Waals surface area (Å²) in [7, 11) is 4.06. The number of nitrogens with zero attached hydrogens (tertiary/aromatic N) is 5. The topological polar surface area (TPSA) is 70.9 Å². The van der Waals surface area contributed by atoms with Gasteiger partial charge in [0.1, 0.15) is 5.82 Å². The molecule has 0 spiro atoms. The van der Waals surface area contributed by atoms with Crippen molar-refractivity contribution in [2.75, 3.05) is 24.3 Å². The number of fused-ring (bicyclic) bond motifs is 1. The Morgan fingerprint density at radius 3 is 2.38 bits per heavy atom. The van der Waals surface area contributed by atoms with Gasteiger partial charge in [-0.25, -0.2) is 9.67 Å². The van der Waals surface area contributed by atoms with E-state index in [9.17, 15) is 0 Å². The van der Waals surface area contributed by atoms with Crippen molar-refractivity contribution in [2.24, 2.45) is 0 Å². The van der Waals surface area contributed by atoms with E-state index in [1.807, 2.05) is 55.3 Å². The molecule has 7 nitrogen and oxygen atoms in total. The maximum atomic E-state index is 4.81. The normalized spacial score (nSPS) is 18.2. The summed E-state index contributed by atoms with van der Waals surface area (Å²) in [4.78, 5) is 11.6. The molecule has 1 aliphatic carbocycles. The molecular formula is C27H33N7. The fourth-order valence-electron chi connectivity index (χ4n) is 4.79. The summed E-state index contributed by atoms with van der Waals surface area (Å²) in [6.07, 6.45) is 6.47. The third-order valence-electron chi connectivity index (χ3n) is 6.76. The van der Waals surface area contributed by atoms with E-state index in [1.165, 1.54) is 11.3 Å². The van der Waals surface area contributed by atoms with Crippen LogP contribution in [0.2, 0.25) is 0 Å². The molecule has 0 unspecified atom stereocenters. The number of aromatic nitrogens is 4. The molecule has 7 heteroatoms. The molecule has 0 atom stereocenters. The van der Waals surface area contributed by atoms with E-state index >= 15 is 0 Å². The van der Waals surface area contributed by atoms with Crippen molar-refractivity contribution in [3.8, 4) is 5.69 Å². The van der Waals surface area contributed by atoms with Gasteiger partial charge < -0.3 is 15.5 Å². The lowest BCUT2D eigenvalue weighted by molar-refractivity contribution is 0.352. The summed E-state index contributed by atoms with van der Waals surface area (Å²) in [5.74, 6) is 1.68. The Morgan fingerprint density at radius 1 is 0.912 bits per heavy atom. The van der Waals surface area contributed by atoms with Crippen LogP contribution in [0.25, 0.3) is 16.6 Å². The molecule has 1 fully saturated rings. The van der Waals surface area contributed by atoms with Crippen LogP contribution in [-0.2, 0) is 6.54 Å². The smallest absolute Gasteiger partial charge is 0.225 e. The second kappa shape index (κ2) is 9.81. The van der Waals surface area contributed by atoms with E-state index in [0.29, 0.717) is 12.1 Å². The zero-order valence-electron chi connectivity index (χ0n) is 20.2. The molecule has 2 aromatic heterocycles. The summed E-state index contributed by atoms with van der Waals surface area (Å²) < 4.78 is 2.02. The van der Waals surface area contributed by atoms with E-state index in [2.05, 4.69) is 51.8 Å². The second-order valence-corrected chi connectivity index (χ2v) is 9.36. The van der Waals surface area contributed by atoms with E-state index in [-0.39, 0.29) is 0 Å². The molecule has 0 aliphatic heterocycles. The lowest BCUT2D eigenvalue weighted by Gasteiger charge is -2.30. The summed E-state index contributed by atoms with van der Waals surface area (Å²) in [5.41, 5.74) is 4.53. The molecule has 1 saturated carbocycles. The standard InChI is InChI=1S/C27H33N7/c1-19-20(18-29-34(19)23-9-5-4-6-10-23)17-28-21-13-15-22(16-14-21)30-27-31-25-12-8-7-11-24(25)26(32-27)33(2)3/h4-12,18,21-22,28H,13-17H2,1-3H3,(H,30,31,32)/t21-,22+. The van der Waals surface area contributed by atoms with Gasteiger partial charge in [0.15, 0.2) is 0 Å². The summed E-state index contributed by atoms with van der Waals surface area (Å²) in [5, 5.41) is 13.0. The molecule has 4 aromatic rings. The van der Waals surface area contributed by atoms with Crippen LogP contribution in [0.4, 0.5) is 11.8 Å². The quantitative estimate of drug-likeness (QED) is 0.421. The largest absolute Gasteiger partial charge is 0.362 e. The minimum Gasteiger partial charge on any atom is -0.362 e. The number of anilines is 2. The molecule has 5 rings (SSSR count). The first-order valence-electron chi connectivity index (χ1n) is 12.1. The van der Waals surface area contributed by atoms with Crippen molar-refractivity contribution in [3.63, 3.8) is 0 Å². The first-order valence-corrected chi connectivity index (χ1v) is 12.1. The van der Waals surface area contributed by atoms with Gasteiger partial charge in [-0.3, -0.25) is 0 Å². The van der Waals surface area contributed by atoms with Gasteiger partial charge in [0.2, 0.25) is 5.95 Å². The van der Waals surface area contributed by atoms with Crippen LogP contribution in [0.15, 0.2) is 60.8 Å². The molecule has 2 heterocycles. The predicted molar refractivity (Wildman–Crippen MR) is 139 cm³/mol. The van der Waals surface area contributed by atoms with Gasteiger partial charge in [0.05, 0.1) is 17.4 Å². The van der Waals surface area contributed by atoms with E-state index in [4.69, 9.17) is 9.97 Å². The summed E-state index contributed by atoms with van der Waals surface area (Å²) in [6.45, 7) is 2.99. The predicted octanol–water partition coefficient (Wildman–Crippen LogP) is 4.70. The van der Waals surface area contributed by atoms with Gasteiger partial charge in [-0.2, -0.15) is 10.1 Å². The lowest BCUT2D eigenvalue weighted by Crippen LogP contribution is -2.37. The van der Waals surface area contributed by atoms with Crippen molar-refractivity contribution in [1.82, 2.24) is 25.1 Å². The summed E-state index contributed by atoms with van der Waals surface area (Å²) >= 11 is 0. The maximum absolute atomic E-state index is 4.81. The van der Waals surface area contributed by atoms with Crippen LogP contribution in [0.1, 0.15) is 36.9 Å². The molecule has 1 aliphatic rings. The Hall–Kier alpha value is -3.45. The summed E-state index contributed by atoms with van der Waals surface area (Å²) in [6, 6.07) is 19.4. The van der Waals surface area contributed by atoms with Crippen molar-refractivity contribution in [3.05, 3.63) is 72.1 Å². The Labute approximate surface area is 201 Å². The van der Waals surface area contributed by atoms with Crippen LogP contribution >= 0.6 is 0 Å². The van der Waals surface area contributed by atoms with Gasteiger partial charge >= 0.3 is 0 Å². The zero-order chi connectivity index (χ0) is 23.5. The van der Waals surface area contributed by atoms with Gasteiger partial charge in [-0.15, -0.1) is 0 Å². The van der Waals surface area contributed by atoms with E-state index in [0.717, 1.165) is 60.6 Å². The second-order valence-electron chi connectivity index (χ2n) is 9.36. The van der Waals surface area contributed by atoms with Gasteiger partial charge in [-0.05, 0) is 56.9 Å². The minimum atomic E-state index is 0.400. The number of hydrogen-bond acceptors (Lipinski definition) is 6. The molecule has 2 N–H and O–H groups in total. The first kappa shape index (κ1) is 22.3.